The zero-order chi connectivity index (χ0) is 10.9. The van der Waals surface area contributed by atoms with Gasteiger partial charge in [0.15, 0.2) is 5.78 Å². The zero-order valence-electron chi connectivity index (χ0n) is 9.04. The Morgan fingerprint density at radius 3 is 3.07 bits per heavy atom. The second-order valence-electron chi connectivity index (χ2n) is 4.24. The molecule has 0 aromatic carbocycles. The van der Waals surface area contributed by atoms with Crippen LogP contribution in [-0.2, 0) is 14.3 Å². The first-order chi connectivity index (χ1) is 7.20. The maximum Gasteiger partial charge on any atom is 0.316 e. The molecule has 1 unspecified atom stereocenters. The van der Waals surface area contributed by atoms with E-state index in [1.807, 2.05) is 6.08 Å². The lowest BCUT2D eigenvalue weighted by Crippen LogP contribution is -2.38. The van der Waals surface area contributed by atoms with Crippen molar-refractivity contribution in [3.63, 3.8) is 0 Å². The smallest absolute Gasteiger partial charge is 0.316 e. The molecule has 1 fully saturated rings. The van der Waals surface area contributed by atoms with Gasteiger partial charge in [-0.15, -0.1) is 0 Å². The van der Waals surface area contributed by atoms with Crippen LogP contribution in [0.5, 0.6) is 0 Å². The molecule has 0 bridgehead atoms. The molecule has 0 radical (unpaired) electrons. The number of ketones is 1. The third kappa shape index (κ3) is 1.50. The Morgan fingerprint density at radius 1 is 1.53 bits per heavy atom. The number of rotatable bonds is 2. The van der Waals surface area contributed by atoms with Gasteiger partial charge in [-0.1, -0.05) is 6.08 Å². The van der Waals surface area contributed by atoms with Crippen molar-refractivity contribution in [1.82, 2.24) is 0 Å². The zero-order valence-corrected chi connectivity index (χ0v) is 9.04. The van der Waals surface area contributed by atoms with Crippen molar-refractivity contribution < 1.29 is 14.3 Å². The van der Waals surface area contributed by atoms with E-state index >= 15 is 0 Å². The van der Waals surface area contributed by atoms with Gasteiger partial charge >= 0.3 is 5.97 Å². The summed E-state index contributed by atoms with van der Waals surface area (Å²) in [7, 11) is 0. The van der Waals surface area contributed by atoms with E-state index in [1.54, 1.807) is 6.92 Å². The molecule has 3 nitrogen and oxygen atoms in total. The van der Waals surface area contributed by atoms with Gasteiger partial charge in [0.2, 0.25) is 0 Å². The number of carbonyl (C=O) groups excluding carboxylic acids is 2. The molecule has 0 spiro atoms. The van der Waals surface area contributed by atoms with E-state index in [0.29, 0.717) is 13.0 Å². The SMILES string of the molecule is CCOC(=O)C12CCC=C1C(=O)CCC2. The first-order valence-corrected chi connectivity index (χ1v) is 5.62. The number of hydrogen-bond acceptors (Lipinski definition) is 3. The van der Waals surface area contributed by atoms with Gasteiger partial charge in [-0.25, -0.2) is 0 Å². The van der Waals surface area contributed by atoms with Crippen LogP contribution in [0.15, 0.2) is 11.6 Å². The topological polar surface area (TPSA) is 43.4 Å². The highest BCUT2D eigenvalue weighted by Gasteiger charge is 2.49. The van der Waals surface area contributed by atoms with Crippen LogP contribution in [0.4, 0.5) is 0 Å². The molecule has 15 heavy (non-hydrogen) atoms. The minimum Gasteiger partial charge on any atom is -0.465 e. The molecule has 1 atom stereocenters. The summed E-state index contributed by atoms with van der Waals surface area (Å²) in [6, 6.07) is 0. The van der Waals surface area contributed by atoms with Crippen LogP contribution in [0.2, 0.25) is 0 Å². The van der Waals surface area contributed by atoms with Gasteiger partial charge in [0.05, 0.1) is 12.0 Å². The van der Waals surface area contributed by atoms with E-state index < -0.39 is 5.41 Å². The summed E-state index contributed by atoms with van der Waals surface area (Å²) in [4.78, 5) is 23.6. The number of hydrogen-bond donors (Lipinski definition) is 0. The summed E-state index contributed by atoms with van der Waals surface area (Å²) in [5.41, 5.74) is 0.151. The number of esters is 1. The fourth-order valence-corrected chi connectivity index (χ4v) is 2.70. The fraction of sp³-hybridized carbons (Fsp3) is 0.667. The Balaban J connectivity index is 2.28. The average molecular weight is 208 g/mol. The number of fused-ring (bicyclic) bond motifs is 1. The van der Waals surface area contributed by atoms with Gasteiger partial charge in [-0.3, -0.25) is 9.59 Å². The number of allylic oxidation sites excluding steroid dienone is 1. The molecule has 1 saturated carbocycles. The Hall–Kier alpha value is -1.12. The molecule has 0 N–H and O–H groups in total. The van der Waals surface area contributed by atoms with E-state index in [4.69, 9.17) is 4.74 Å². The van der Waals surface area contributed by atoms with E-state index in [1.165, 1.54) is 0 Å². The molecule has 2 aliphatic rings. The van der Waals surface area contributed by atoms with Crippen molar-refractivity contribution in [3.05, 3.63) is 11.6 Å². The highest BCUT2D eigenvalue weighted by atomic mass is 16.5. The summed E-state index contributed by atoms with van der Waals surface area (Å²) in [6.07, 6.45) is 5.70. The van der Waals surface area contributed by atoms with Crippen molar-refractivity contribution in [2.75, 3.05) is 6.61 Å². The third-order valence-corrected chi connectivity index (χ3v) is 3.41. The van der Waals surface area contributed by atoms with Crippen molar-refractivity contribution >= 4 is 11.8 Å². The largest absolute Gasteiger partial charge is 0.465 e. The molecule has 3 heteroatoms. The van der Waals surface area contributed by atoms with Crippen LogP contribution in [-0.4, -0.2) is 18.4 Å². The van der Waals surface area contributed by atoms with Crippen LogP contribution in [0, 0.1) is 5.41 Å². The fourth-order valence-electron chi connectivity index (χ4n) is 2.70. The van der Waals surface area contributed by atoms with Crippen LogP contribution < -0.4 is 0 Å². The average Bonchev–Trinajstić information content (AvgIpc) is 2.64. The lowest BCUT2D eigenvalue weighted by molar-refractivity contribution is -0.155. The number of Topliss-reactive ketones (excluding diaryl/α,β-unsaturated/α-hetero) is 1. The van der Waals surface area contributed by atoms with Crippen molar-refractivity contribution in [3.8, 4) is 0 Å². The summed E-state index contributed by atoms with van der Waals surface area (Å²) in [5, 5.41) is 0. The van der Waals surface area contributed by atoms with E-state index in [9.17, 15) is 9.59 Å². The predicted octanol–water partition coefficient (Wildman–Crippen LogP) is 2.01. The summed E-state index contributed by atoms with van der Waals surface area (Å²) >= 11 is 0. The third-order valence-electron chi connectivity index (χ3n) is 3.41. The standard InChI is InChI=1S/C12H16O3/c1-2-15-11(14)12-7-3-5-9(12)10(13)6-4-8-12/h5H,2-4,6-8H2,1H3. The maximum absolute atomic E-state index is 11.9. The van der Waals surface area contributed by atoms with E-state index in [0.717, 1.165) is 31.3 Å². The quantitative estimate of drug-likeness (QED) is 0.652. The summed E-state index contributed by atoms with van der Waals surface area (Å²) in [5.74, 6) is -0.0476. The van der Waals surface area contributed by atoms with Crippen molar-refractivity contribution in [2.24, 2.45) is 5.41 Å². The summed E-state index contributed by atoms with van der Waals surface area (Å²) < 4.78 is 5.10. The van der Waals surface area contributed by atoms with Crippen molar-refractivity contribution in [1.29, 1.82) is 0 Å². The van der Waals surface area contributed by atoms with Gasteiger partial charge in [-0.2, -0.15) is 0 Å². The lowest BCUT2D eigenvalue weighted by atomic mass is 9.71. The molecule has 2 rings (SSSR count). The minimum absolute atomic E-state index is 0.145. The normalized spacial score (nSPS) is 29.7. The molecule has 0 aromatic rings. The van der Waals surface area contributed by atoms with E-state index in [-0.39, 0.29) is 11.8 Å². The molecule has 0 heterocycles. The predicted molar refractivity (Wildman–Crippen MR) is 55.2 cm³/mol. The molecule has 2 aliphatic carbocycles. The molecule has 0 aromatic heterocycles. The van der Waals surface area contributed by atoms with Gasteiger partial charge in [0, 0.05) is 12.0 Å². The Bertz CT molecular complexity index is 330. The highest BCUT2D eigenvalue weighted by Crippen LogP contribution is 2.48. The molecule has 0 amide bonds. The monoisotopic (exact) mass is 208 g/mol. The first kappa shape index (κ1) is 10.4. The minimum atomic E-state index is -0.578. The van der Waals surface area contributed by atoms with Crippen molar-refractivity contribution in [2.45, 2.75) is 39.0 Å². The van der Waals surface area contributed by atoms with Crippen LogP contribution in [0.3, 0.4) is 0 Å². The highest BCUT2D eigenvalue weighted by molar-refractivity contribution is 6.04. The number of carbonyl (C=O) groups is 2. The molecule has 0 saturated heterocycles. The van der Waals surface area contributed by atoms with Gasteiger partial charge in [0.25, 0.3) is 0 Å². The van der Waals surface area contributed by atoms with Gasteiger partial charge in [0.1, 0.15) is 0 Å². The molecular weight excluding hydrogens is 192 g/mol. The molecular formula is C12H16O3. The van der Waals surface area contributed by atoms with Crippen LogP contribution in [0.25, 0.3) is 0 Å². The number of ether oxygens (including phenoxy) is 1. The Labute approximate surface area is 89.5 Å². The molecule has 0 aliphatic heterocycles. The van der Waals surface area contributed by atoms with Crippen LogP contribution in [0.1, 0.15) is 39.0 Å². The summed E-state index contributed by atoms with van der Waals surface area (Å²) in [6.45, 7) is 2.19. The van der Waals surface area contributed by atoms with Crippen LogP contribution >= 0.6 is 0 Å². The lowest BCUT2D eigenvalue weighted by Gasteiger charge is -2.32. The van der Waals surface area contributed by atoms with E-state index in [2.05, 4.69) is 0 Å². The van der Waals surface area contributed by atoms with Gasteiger partial charge in [-0.05, 0) is 32.6 Å². The second-order valence-corrected chi connectivity index (χ2v) is 4.24. The Kier molecular flexibility index (Phi) is 2.63. The second kappa shape index (κ2) is 3.80. The maximum atomic E-state index is 11.9. The van der Waals surface area contributed by atoms with Gasteiger partial charge < -0.3 is 4.74 Å². The Morgan fingerprint density at radius 2 is 2.33 bits per heavy atom. The first-order valence-electron chi connectivity index (χ1n) is 5.62. The molecule has 82 valence electrons.